The number of phenols is 1. The van der Waals surface area contributed by atoms with Gasteiger partial charge in [-0.2, -0.15) is 0 Å². The second-order valence-corrected chi connectivity index (χ2v) is 26.9. The number of carbonyl (C=O) groups is 2. The molecule has 8 atom stereocenters. The number of fused-ring (bicyclic) bond motifs is 5. The number of esters is 2. The van der Waals surface area contributed by atoms with Crippen LogP contribution in [0, 0.1) is 52.3 Å². The van der Waals surface area contributed by atoms with Crippen LogP contribution in [0.4, 0.5) is 5.69 Å². The fourth-order valence-corrected chi connectivity index (χ4v) is 15.8. The molecule has 0 bridgehead atoms. The van der Waals surface area contributed by atoms with Crippen LogP contribution in [-0.2, 0) is 9.53 Å². The number of benzene rings is 3. The van der Waals surface area contributed by atoms with Gasteiger partial charge in [-0.1, -0.05) is 159 Å². The number of phenolic OH excluding ortho intramolecular Hbond substituents is 1. The third-order valence-corrected chi connectivity index (χ3v) is 20.7. The summed E-state index contributed by atoms with van der Waals surface area (Å²) in [7, 11) is 0. The fourth-order valence-electron chi connectivity index (χ4n) is 15.1. The van der Waals surface area contributed by atoms with Crippen LogP contribution in [0.3, 0.4) is 0 Å². The van der Waals surface area contributed by atoms with Crippen LogP contribution in [0.2, 0.25) is 0 Å². The van der Waals surface area contributed by atoms with Gasteiger partial charge in [0.1, 0.15) is 23.4 Å². The monoisotopic (exact) mass is 1130 g/mol. The lowest BCUT2D eigenvalue weighted by molar-refractivity contribution is -0.151. The number of hydrogen-bond donors (Lipinski definition) is 1. The molecule has 5 aliphatic carbocycles. The molecule has 3 saturated carbocycles. The molecular weight excluding hydrogens is 1040 g/mol. The van der Waals surface area contributed by atoms with Crippen molar-refractivity contribution in [2.75, 3.05) is 12.4 Å². The summed E-state index contributed by atoms with van der Waals surface area (Å²) >= 11 is 1.59. The molecule has 442 valence electrons. The Morgan fingerprint density at radius 3 is 2.28 bits per heavy atom. The van der Waals surface area contributed by atoms with Crippen molar-refractivity contribution >= 4 is 35.6 Å². The molecule has 0 spiro atoms. The zero-order chi connectivity index (χ0) is 57.3. The minimum absolute atomic E-state index is 0.00773. The molecule has 9 rings (SSSR count). The number of aromatic nitrogens is 2. The van der Waals surface area contributed by atoms with E-state index >= 15 is 0 Å². The molecular formula is C71H95N3O7S. The third-order valence-electron chi connectivity index (χ3n) is 19.8. The summed E-state index contributed by atoms with van der Waals surface area (Å²) in [6, 6.07) is 19.1. The first-order chi connectivity index (χ1) is 39.8. The SMILES string of the molecule is CC(C)CCC[C@@H](C)[C@H]1CC[C@H]2[C@@H]3CC=C4CC(OC(=O)CCCCCCCCCCSc5nnc(-c6ccc(N=Cc7ccc(OC(=O)c8ccc(OCCCCCCC9C=CC=C9)cc8)cc7O)cc6)o5)CC[C@]4(C)[C@H]3CC[C@]12C. The van der Waals surface area contributed by atoms with E-state index in [0.29, 0.717) is 58.0 Å². The molecule has 1 N–H and O–H groups in total. The first-order valence-corrected chi connectivity index (χ1v) is 33.0. The quantitative estimate of drug-likeness (QED) is 0.0130. The number of thioether (sulfide) groups is 1. The molecule has 11 heteroatoms. The van der Waals surface area contributed by atoms with E-state index in [0.717, 1.165) is 98.2 Å². The van der Waals surface area contributed by atoms with Crippen molar-refractivity contribution in [2.24, 2.45) is 57.2 Å². The number of hydrogen-bond acceptors (Lipinski definition) is 11. The highest BCUT2D eigenvalue weighted by atomic mass is 32.2. The van der Waals surface area contributed by atoms with Crippen LogP contribution < -0.4 is 9.47 Å². The number of carbonyl (C=O) groups excluding carboxylic acids is 2. The van der Waals surface area contributed by atoms with Crippen molar-refractivity contribution in [3.05, 3.63) is 114 Å². The van der Waals surface area contributed by atoms with E-state index in [2.05, 4.69) is 80.2 Å². The molecule has 5 aliphatic rings. The highest BCUT2D eigenvalue weighted by Gasteiger charge is 2.59. The van der Waals surface area contributed by atoms with Gasteiger partial charge in [-0.3, -0.25) is 9.79 Å². The number of unbranched alkanes of at least 4 members (excludes halogenated alkanes) is 10. The summed E-state index contributed by atoms with van der Waals surface area (Å²) < 4.78 is 23.6. The summed E-state index contributed by atoms with van der Waals surface area (Å²) in [6.45, 7) is 13.2. The van der Waals surface area contributed by atoms with Gasteiger partial charge in [0, 0.05) is 42.0 Å². The van der Waals surface area contributed by atoms with Crippen molar-refractivity contribution in [1.29, 1.82) is 0 Å². The van der Waals surface area contributed by atoms with E-state index < -0.39 is 5.97 Å². The maximum Gasteiger partial charge on any atom is 0.343 e. The van der Waals surface area contributed by atoms with Gasteiger partial charge in [-0.15, -0.1) is 10.2 Å². The maximum atomic E-state index is 13.0. The Morgan fingerprint density at radius 1 is 0.780 bits per heavy atom. The van der Waals surface area contributed by atoms with E-state index in [1.165, 1.54) is 109 Å². The number of rotatable bonds is 31. The number of ether oxygens (including phenoxy) is 3. The fraction of sp³-hybridized carbons (Fsp3) is 0.592. The largest absolute Gasteiger partial charge is 0.507 e. The predicted molar refractivity (Wildman–Crippen MR) is 332 cm³/mol. The van der Waals surface area contributed by atoms with E-state index in [1.54, 1.807) is 59.9 Å². The zero-order valence-electron chi connectivity index (χ0n) is 50.2. The normalized spacial score (nSPS) is 24.3. The second-order valence-electron chi connectivity index (χ2n) is 25.9. The number of allylic oxidation sites excluding steroid dienone is 5. The van der Waals surface area contributed by atoms with E-state index in [-0.39, 0.29) is 29.0 Å². The molecule has 1 aromatic heterocycles. The molecule has 3 aromatic carbocycles. The Hall–Kier alpha value is -5.42. The van der Waals surface area contributed by atoms with Gasteiger partial charge in [0.25, 0.3) is 5.22 Å². The average Bonchev–Trinajstić information content (AvgIpc) is 4.33. The first kappa shape index (κ1) is 61.1. The Kier molecular flexibility index (Phi) is 22.3. The summed E-state index contributed by atoms with van der Waals surface area (Å²) in [5.41, 5.74) is 4.76. The van der Waals surface area contributed by atoms with Crippen LogP contribution in [0.5, 0.6) is 17.2 Å². The molecule has 0 aliphatic heterocycles. The standard InChI is InChI=1S/C71H95N3O7S/c1-50(2)21-20-22-51(3)62-39-40-63-61-38-32-56-47-60(41-43-70(56,4)64(61)42-44-71(62,63)5)79-66(76)26-15-10-8-6-7-9-13-19-46-82-69-74-73-67(81-69)53-27-33-57(34-28-53)72-49-55-31-37-59(48-65(55)75)80-68(77)54-29-35-58(36-30-54)78-45-18-12-11-14-23-52-24-16-17-25-52/h16-17,24-25,27-37,48-52,60-64,75H,6-15,18-23,26,38-47H2,1-5H3/t51-,60?,61+,62-,63+,64+,70+,71-/m1/s1. The Labute approximate surface area is 495 Å². The summed E-state index contributed by atoms with van der Waals surface area (Å²) in [5.74, 6) is 7.42. The molecule has 1 heterocycles. The highest BCUT2D eigenvalue weighted by Crippen LogP contribution is 2.67. The van der Waals surface area contributed by atoms with Crippen LogP contribution in [0.15, 0.2) is 117 Å². The number of nitrogens with zero attached hydrogens (tertiary/aromatic N) is 3. The minimum Gasteiger partial charge on any atom is -0.507 e. The minimum atomic E-state index is -0.524. The smallest absolute Gasteiger partial charge is 0.343 e. The molecule has 82 heavy (non-hydrogen) atoms. The summed E-state index contributed by atoms with van der Waals surface area (Å²) in [5, 5.41) is 19.8. The van der Waals surface area contributed by atoms with E-state index in [9.17, 15) is 14.7 Å². The molecule has 4 aromatic rings. The Balaban J connectivity index is 0.593. The van der Waals surface area contributed by atoms with Crippen molar-refractivity contribution in [3.63, 3.8) is 0 Å². The molecule has 1 unspecified atom stereocenters. The zero-order valence-corrected chi connectivity index (χ0v) is 51.0. The lowest BCUT2D eigenvalue weighted by Gasteiger charge is -2.58. The van der Waals surface area contributed by atoms with Crippen LogP contribution in [0.25, 0.3) is 11.5 Å². The third kappa shape index (κ3) is 16.5. The Bertz CT molecular complexity index is 2790. The average molecular weight is 1130 g/mol. The van der Waals surface area contributed by atoms with Gasteiger partial charge in [-0.25, -0.2) is 4.79 Å². The summed E-state index contributed by atoms with van der Waals surface area (Å²) in [6.07, 6.45) is 42.6. The summed E-state index contributed by atoms with van der Waals surface area (Å²) in [4.78, 5) is 30.4. The van der Waals surface area contributed by atoms with Crippen molar-refractivity contribution in [3.8, 4) is 28.7 Å². The van der Waals surface area contributed by atoms with Crippen molar-refractivity contribution in [2.45, 2.75) is 206 Å². The van der Waals surface area contributed by atoms with E-state index in [1.807, 2.05) is 24.3 Å². The van der Waals surface area contributed by atoms with Gasteiger partial charge in [0.2, 0.25) is 5.89 Å². The van der Waals surface area contributed by atoms with Crippen LogP contribution in [-0.4, -0.2) is 51.9 Å². The van der Waals surface area contributed by atoms with Gasteiger partial charge in [0.05, 0.1) is 17.9 Å². The second kappa shape index (κ2) is 29.9. The van der Waals surface area contributed by atoms with Gasteiger partial charge < -0.3 is 23.7 Å². The highest BCUT2D eigenvalue weighted by molar-refractivity contribution is 7.99. The maximum absolute atomic E-state index is 13.0. The van der Waals surface area contributed by atoms with Crippen LogP contribution in [0.1, 0.15) is 211 Å². The number of aliphatic imine (C=N–C) groups is 1. The molecule has 10 nitrogen and oxygen atoms in total. The van der Waals surface area contributed by atoms with E-state index in [4.69, 9.17) is 18.6 Å². The topological polar surface area (TPSA) is 133 Å². The predicted octanol–water partition coefficient (Wildman–Crippen LogP) is 19.0. The number of aromatic hydroxyl groups is 1. The lowest BCUT2D eigenvalue weighted by Crippen LogP contribution is -2.51. The van der Waals surface area contributed by atoms with Gasteiger partial charge in [0.15, 0.2) is 0 Å². The van der Waals surface area contributed by atoms with Gasteiger partial charge >= 0.3 is 11.9 Å². The molecule has 0 radical (unpaired) electrons. The van der Waals surface area contributed by atoms with Crippen molar-refractivity contribution < 1.29 is 33.3 Å². The molecule has 0 amide bonds. The molecule has 0 saturated heterocycles. The van der Waals surface area contributed by atoms with Crippen molar-refractivity contribution in [1.82, 2.24) is 10.2 Å². The Morgan fingerprint density at radius 2 is 1.51 bits per heavy atom. The molecule has 3 fully saturated rings. The lowest BCUT2D eigenvalue weighted by atomic mass is 9.47. The first-order valence-electron chi connectivity index (χ1n) is 32.0. The van der Waals surface area contributed by atoms with Crippen LogP contribution >= 0.6 is 11.8 Å². The van der Waals surface area contributed by atoms with Gasteiger partial charge in [-0.05, 0) is 184 Å².